The molecule has 1 heterocycles. The summed E-state index contributed by atoms with van der Waals surface area (Å²) in [6, 6.07) is 7.03. The third-order valence-electron chi connectivity index (χ3n) is 3.13. The van der Waals surface area contributed by atoms with Crippen molar-refractivity contribution < 1.29 is 9.90 Å². The van der Waals surface area contributed by atoms with Crippen molar-refractivity contribution in [1.29, 1.82) is 0 Å². The fourth-order valence-corrected chi connectivity index (χ4v) is 3.41. The first-order chi connectivity index (χ1) is 9.38. The van der Waals surface area contributed by atoms with E-state index >= 15 is 0 Å². The maximum absolute atomic E-state index is 11.3. The maximum atomic E-state index is 11.3. The van der Waals surface area contributed by atoms with Crippen LogP contribution in [0.4, 0.5) is 5.69 Å². The average molecular weight is 310 g/mol. The Balaban J connectivity index is 2.30. The van der Waals surface area contributed by atoms with Gasteiger partial charge >= 0.3 is 5.97 Å². The molecule has 0 fully saturated rings. The Kier molecular flexibility index (Phi) is 4.35. The summed E-state index contributed by atoms with van der Waals surface area (Å²) in [7, 11) is 0. The number of carbonyl (C=O) groups is 1. The number of carboxylic acids is 1. The van der Waals surface area contributed by atoms with E-state index in [1.165, 1.54) is 21.4 Å². The van der Waals surface area contributed by atoms with Gasteiger partial charge in [0.15, 0.2) is 0 Å². The lowest BCUT2D eigenvalue weighted by molar-refractivity contribution is 0.0698. The van der Waals surface area contributed by atoms with Gasteiger partial charge in [0, 0.05) is 26.5 Å². The Bertz CT molecular complexity index is 651. The summed E-state index contributed by atoms with van der Waals surface area (Å²) in [6.45, 7) is 6.17. The fraction of sp³-hybridized carbons (Fsp3) is 0.267. The number of hydrogen-bond donors (Lipinski definition) is 2. The van der Waals surface area contributed by atoms with Crippen LogP contribution < -0.4 is 5.32 Å². The molecule has 1 atom stereocenters. The lowest BCUT2D eigenvalue weighted by atomic mass is 10.1. The number of aromatic carboxylic acids is 1. The number of nitrogens with one attached hydrogen (secondary N) is 1. The second-order valence-corrected chi connectivity index (χ2v) is 6.63. The van der Waals surface area contributed by atoms with Crippen LogP contribution in [0.5, 0.6) is 0 Å². The summed E-state index contributed by atoms with van der Waals surface area (Å²) in [5.41, 5.74) is 1.96. The Morgan fingerprint density at radius 1 is 1.35 bits per heavy atom. The third-order valence-corrected chi connectivity index (χ3v) is 4.35. The first-order valence-electron chi connectivity index (χ1n) is 6.25. The molecule has 0 spiro atoms. The van der Waals surface area contributed by atoms with Crippen LogP contribution in [0.15, 0.2) is 24.3 Å². The highest BCUT2D eigenvalue weighted by atomic mass is 35.5. The van der Waals surface area contributed by atoms with Gasteiger partial charge < -0.3 is 10.4 Å². The number of hydrogen-bond acceptors (Lipinski definition) is 3. The SMILES string of the molecule is Cc1cc(C(C)Nc2ccc(Cl)cc2C(=O)O)c(C)s1. The van der Waals surface area contributed by atoms with Crippen LogP contribution in [0.1, 0.15) is 38.6 Å². The largest absolute Gasteiger partial charge is 0.478 e. The molecule has 0 saturated carbocycles. The molecule has 0 aliphatic rings. The van der Waals surface area contributed by atoms with Crippen molar-refractivity contribution in [2.75, 3.05) is 5.32 Å². The quantitative estimate of drug-likeness (QED) is 0.845. The summed E-state index contributed by atoms with van der Waals surface area (Å²) in [5, 5.41) is 12.9. The van der Waals surface area contributed by atoms with Gasteiger partial charge in [0.25, 0.3) is 0 Å². The molecule has 3 nitrogen and oxygen atoms in total. The smallest absolute Gasteiger partial charge is 0.337 e. The molecule has 1 aromatic carbocycles. The molecule has 0 aliphatic heterocycles. The zero-order valence-corrected chi connectivity index (χ0v) is 13.1. The highest BCUT2D eigenvalue weighted by molar-refractivity contribution is 7.12. The maximum Gasteiger partial charge on any atom is 0.337 e. The Hall–Kier alpha value is -1.52. The van der Waals surface area contributed by atoms with E-state index in [1.807, 2.05) is 6.92 Å². The minimum absolute atomic E-state index is 0.0409. The molecular weight excluding hydrogens is 294 g/mol. The lowest BCUT2D eigenvalue weighted by Gasteiger charge is -2.17. The average Bonchev–Trinajstić information content (AvgIpc) is 2.70. The molecule has 0 radical (unpaired) electrons. The summed E-state index contributed by atoms with van der Waals surface area (Å²) in [4.78, 5) is 13.8. The van der Waals surface area contributed by atoms with Crippen molar-refractivity contribution >= 4 is 34.6 Å². The van der Waals surface area contributed by atoms with Crippen LogP contribution in [0.25, 0.3) is 0 Å². The van der Waals surface area contributed by atoms with Crippen LogP contribution in [0, 0.1) is 13.8 Å². The van der Waals surface area contributed by atoms with E-state index in [0.717, 1.165) is 0 Å². The van der Waals surface area contributed by atoms with Crippen LogP contribution in [0.3, 0.4) is 0 Å². The Morgan fingerprint density at radius 3 is 2.60 bits per heavy atom. The zero-order valence-electron chi connectivity index (χ0n) is 11.5. The lowest BCUT2D eigenvalue weighted by Crippen LogP contribution is -2.10. The molecule has 20 heavy (non-hydrogen) atoms. The number of thiophene rings is 1. The molecule has 1 aromatic heterocycles. The molecule has 2 rings (SSSR count). The van der Waals surface area contributed by atoms with E-state index < -0.39 is 5.97 Å². The Morgan fingerprint density at radius 2 is 2.05 bits per heavy atom. The number of aryl methyl sites for hydroxylation is 2. The van der Waals surface area contributed by atoms with Gasteiger partial charge in [0.1, 0.15) is 0 Å². The fourth-order valence-electron chi connectivity index (χ4n) is 2.21. The van der Waals surface area contributed by atoms with Gasteiger partial charge in [-0.05, 0) is 50.6 Å². The minimum atomic E-state index is -0.986. The molecule has 0 amide bonds. The summed E-state index contributed by atoms with van der Waals surface area (Å²) >= 11 is 7.60. The van der Waals surface area contributed by atoms with Gasteiger partial charge in [-0.2, -0.15) is 0 Å². The van der Waals surface area contributed by atoms with Gasteiger partial charge in [0.05, 0.1) is 5.56 Å². The second kappa shape index (κ2) is 5.85. The molecule has 106 valence electrons. The van der Waals surface area contributed by atoms with E-state index in [4.69, 9.17) is 11.6 Å². The normalized spacial score (nSPS) is 12.2. The summed E-state index contributed by atoms with van der Waals surface area (Å²) in [5.74, 6) is -0.986. The van der Waals surface area contributed by atoms with E-state index in [1.54, 1.807) is 23.5 Å². The van der Waals surface area contributed by atoms with E-state index in [-0.39, 0.29) is 11.6 Å². The number of halogens is 1. The monoisotopic (exact) mass is 309 g/mol. The summed E-state index contributed by atoms with van der Waals surface area (Å²) < 4.78 is 0. The van der Waals surface area contributed by atoms with Crippen molar-refractivity contribution in [1.82, 2.24) is 0 Å². The second-order valence-electron chi connectivity index (χ2n) is 4.73. The standard InChI is InChI=1S/C15H16ClNO2S/c1-8-6-12(10(3)20-8)9(2)17-14-5-4-11(16)7-13(14)15(18)19/h4-7,9,17H,1-3H3,(H,18,19). The van der Waals surface area contributed by atoms with Crippen LogP contribution in [-0.4, -0.2) is 11.1 Å². The van der Waals surface area contributed by atoms with Crippen molar-refractivity contribution in [3.05, 3.63) is 50.2 Å². The first kappa shape index (κ1) is 14.9. The molecule has 0 saturated heterocycles. The minimum Gasteiger partial charge on any atom is -0.478 e. The van der Waals surface area contributed by atoms with Crippen molar-refractivity contribution in [3.63, 3.8) is 0 Å². The Labute approximate surface area is 127 Å². The highest BCUT2D eigenvalue weighted by Gasteiger charge is 2.15. The zero-order chi connectivity index (χ0) is 14.9. The van der Waals surface area contributed by atoms with Crippen LogP contribution >= 0.6 is 22.9 Å². The number of benzene rings is 1. The molecule has 5 heteroatoms. The van der Waals surface area contributed by atoms with Gasteiger partial charge in [-0.25, -0.2) is 4.79 Å². The van der Waals surface area contributed by atoms with E-state index in [0.29, 0.717) is 10.7 Å². The van der Waals surface area contributed by atoms with E-state index in [2.05, 4.69) is 25.2 Å². The van der Waals surface area contributed by atoms with Gasteiger partial charge in [-0.3, -0.25) is 0 Å². The van der Waals surface area contributed by atoms with Gasteiger partial charge in [0.2, 0.25) is 0 Å². The molecule has 1 unspecified atom stereocenters. The number of carboxylic acid groups (broad SMARTS) is 1. The third kappa shape index (κ3) is 3.14. The molecule has 2 N–H and O–H groups in total. The van der Waals surface area contributed by atoms with Crippen molar-refractivity contribution in [3.8, 4) is 0 Å². The van der Waals surface area contributed by atoms with E-state index in [9.17, 15) is 9.90 Å². The predicted octanol–water partition coefficient (Wildman–Crippen LogP) is 4.89. The van der Waals surface area contributed by atoms with Crippen LogP contribution in [0.2, 0.25) is 5.02 Å². The topological polar surface area (TPSA) is 49.3 Å². The number of rotatable bonds is 4. The molecule has 0 aliphatic carbocycles. The predicted molar refractivity (Wildman–Crippen MR) is 84.2 cm³/mol. The first-order valence-corrected chi connectivity index (χ1v) is 7.44. The molecule has 0 bridgehead atoms. The van der Waals surface area contributed by atoms with Gasteiger partial charge in [-0.1, -0.05) is 11.6 Å². The summed E-state index contributed by atoms with van der Waals surface area (Å²) in [6.07, 6.45) is 0. The molecule has 2 aromatic rings. The van der Waals surface area contributed by atoms with Crippen LogP contribution in [-0.2, 0) is 0 Å². The van der Waals surface area contributed by atoms with Crippen molar-refractivity contribution in [2.24, 2.45) is 0 Å². The number of anilines is 1. The molecular formula is C15H16ClNO2S. The van der Waals surface area contributed by atoms with Crippen molar-refractivity contribution in [2.45, 2.75) is 26.8 Å². The highest BCUT2D eigenvalue weighted by Crippen LogP contribution is 2.30. The van der Waals surface area contributed by atoms with Gasteiger partial charge in [-0.15, -0.1) is 11.3 Å².